The molecule has 0 unspecified atom stereocenters. The van der Waals surface area contributed by atoms with E-state index in [2.05, 4.69) is 10.6 Å². The van der Waals surface area contributed by atoms with Gasteiger partial charge in [-0.15, -0.1) is 12.4 Å². The van der Waals surface area contributed by atoms with Gasteiger partial charge in [0.05, 0.1) is 5.56 Å². The number of hydrogen-bond acceptors (Lipinski definition) is 3. The summed E-state index contributed by atoms with van der Waals surface area (Å²) in [6, 6.07) is 1.78. The van der Waals surface area contributed by atoms with E-state index in [4.69, 9.17) is 4.42 Å². The maximum atomic E-state index is 11.7. The summed E-state index contributed by atoms with van der Waals surface area (Å²) in [4.78, 5) is 11.7. The number of amides is 1. The SMILES string of the molecule is Cc1cc(C(=O)NCC2CNC2)c(C)o1.Cl. The lowest BCUT2D eigenvalue weighted by molar-refractivity contribution is 0.0940. The van der Waals surface area contributed by atoms with E-state index in [1.54, 1.807) is 6.07 Å². The Kier molecular flexibility index (Phi) is 4.38. The van der Waals surface area contributed by atoms with Crippen LogP contribution < -0.4 is 10.6 Å². The average Bonchev–Trinajstić information content (AvgIpc) is 2.42. The van der Waals surface area contributed by atoms with Crippen molar-refractivity contribution in [1.29, 1.82) is 0 Å². The summed E-state index contributed by atoms with van der Waals surface area (Å²) in [6.45, 7) is 6.41. The quantitative estimate of drug-likeness (QED) is 0.842. The van der Waals surface area contributed by atoms with Crippen LogP contribution in [0.3, 0.4) is 0 Å². The standard InChI is InChI=1S/C11H16N2O2.ClH/c1-7-3-10(8(2)15-7)11(14)13-6-9-4-12-5-9;/h3,9,12H,4-6H2,1-2H3,(H,13,14);1H. The van der Waals surface area contributed by atoms with E-state index in [0.29, 0.717) is 17.2 Å². The molecule has 16 heavy (non-hydrogen) atoms. The lowest BCUT2D eigenvalue weighted by atomic mass is 10.0. The molecule has 1 aromatic heterocycles. The van der Waals surface area contributed by atoms with Gasteiger partial charge in [-0.05, 0) is 19.9 Å². The Morgan fingerprint density at radius 2 is 2.25 bits per heavy atom. The molecule has 1 aliphatic rings. The number of rotatable bonds is 3. The van der Waals surface area contributed by atoms with Crippen LogP contribution in [0.2, 0.25) is 0 Å². The van der Waals surface area contributed by atoms with Crippen molar-refractivity contribution < 1.29 is 9.21 Å². The van der Waals surface area contributed by atoms with Crippen LogP contribution in [0.1, 0.15) is 21.9 Å². The highest BCUT2D eigenvalue weighted by Gasteiger charge is 2.19. The lowest BCUT2D eigenvalue weighted by Crippen LogP contribution is -2.48. The van der Waals surface area contributed by atoms with E-state index in [1.807, 2.05) is 13.8 Å². The third-order valence-corrected chi connectivity index (χ3v) is 2.70. The molecule has 1 fully saturated rings. The van der Waals surface area contributed by atoms with Gasteiger partial charge in [-0.2, -0.15) is 0 Å². The Morgan fingerprint density at radius 1 is 1.56 bits per heavy atom. The van der Waals surface area contributed by atoms with Gasteiger partial charge in [0.25, 0.3) is 5.91 Å². The van der Waals surface area contributed by atoms with Crippen molar-refractivity contribution in [2.75, 3.05) is 19.6 Å². The van der Waals surface area contributed by atoms with E-state index < -0.39 is 0 Å². The highest BCUT2D eigenvalue weighted by atomic mass is 35.5. The molecule has 1 saturated heterocycles. The first-order valence-electron chi connectivity index (χ1n) is 5.23. The molecule has 0 aliphatic carbocycles. The molecule has 0 saturated carbocycles. The number of halogens is 1. The zero-order valence-corrected chi connectivity index (χ0v) is 10.3. The van der Waals surface area contributed by atoms with Crippen LogP contribution in [-0.2, 0) is 0 Å². The topological polar surface area (TPSA) is 54.3 Å². The van der Waals surface area contributed by atoms with E-state index in [9.17, 15) is 4.79 Å². The van der Waals surface area contributed by atoms with Gasteiger partial charge in [-0.1, -0.05) is 0 Å². The van der Waals surface area contributed by atoms with Gasteiger partial charge in [0.1, 0.15) is 11.5 Å². The molecule has 0 aromatic carbocycles. The number of carbonyl (C=O) groups excluding carboxylic acids is 1. The molecule has 2 rings (SSSR count). The Bertz CT molecular complexity index is 372. The first-order valence-corrected chi connectivity index (χ1v) is 5.23. The van der Waals surface area contributed by atoms with Crippen LogP contribution in [-0.4, -0.2) is 25.5 Å². The van der Waals surface area contributed by atoms with Crippen LogP contribution in [0.25, 0.3) is 0 Å². The summed E-state index contributed by atoms with van der Waals surface area (Å²) in [5.41, 5.74) is 0.653. The van der Waals surface area contributed by atoms with Crippen molar-refractivity contribution in [2.24, 2.45) is 5.92 Å². The molecule has 0 bridgehead atoms. The number of nitrogens with one attached hydrogen (secondary N) is 2. The minimum absolute atomic E-state index is 0. The monoisotopic (exact) mass is 244 g/mol. The van der Waals surface area contributed by atoms with Crippen molar-refractivity contribution >= 4 is 18.3 Å². The highest BCUT2D eigenvalue weighted by Crippen LogP contribution is 2.13. The van der Waals surface area contributed by atoms with E-state index in [1.165, 1.54) is 0 Å². The van der Waals surface area contributed by atoms with Gasteiger partial charge in [0, 0.05) is 25.6 Å². The maximum absolute atomic E-state index is 11.7. The van der Waals surface area contributed by atoms with Crippen LogP contribution in [0.15, 0.2) is 10.5 Å². The third kappa shape index (κ3) is 2.77. The molecule has 1 aliphatic heterocycles. The fourth-order valence-corrected chi connectivity index (χ4v) is 1.68. The molecule has 0 atom stereocenters. The molecule has 1 amide bonds. The molecule has 4 nitrogen and oxygen atoms in total. The fourth-order valence-electron chi connectivity index (χ4n) is 1.68. The Morgan fingerprint density at radius 3 is 2.69 bits per heavy atom. The zero-order valence-electron chi connectivity index (χ0n) is 9.50. The van der Waals surface area contributed by atoms with E-state index in [0.717, 1.165) is 25.4 Å². The second-order valence-electron chi connectivity index (χ2n) is 4.06. The van der Waals surface area contributed by atoms with Crippen molar-refractivity contribution in [1.82, 2.24) is 10.6 Å². The molecule has 0 radical (unpaired) electrons. The predicted molar refractivity (Wildman–Crippen MR) is 64.1 cm³/mol. The predicted octanol–water partition coefficient (Wildman–Crippen LogP) is 1.27. The number of carbonyl (C=O) groups is 1. The molecule has 5 heteroatoms. The average molecular weight is 245 g/mol. The van der Waals surface area contributed by atoms with Gasteiger partial charge in [0.15, 0.2) is 0 Å². The second kappa shape index (κ2) is 5.37. The van der Waals surface area contributed by atoms with Gasteiger partial charge in [-0.3, -0.25) is 4.79 Å². The summed E-state index contributed by atoms with van der Waals surface area (Å²) < 4.78 is 5.31. The third-order valence-electron chi connectivity index (χ3n) is 2.70. The summed E-state index contributed by atoms with van der Waals surface area (Å²) >= 11 is 0. The summed E-state index contributed by atoms with van der Waals surface area (Å²) in [5, 5.41) is 6.09. The number of furan rings is 1. The largest absolute Gasteiger partial charge is 0.466 e. The fraction of sp³-hybridized carbons (Fsp3) is 0.545. The van der Waals surface area contributed by atoms with E-state index >= 15 is 0 Å². The molecule has 2 heterocycles. The number of hydrogen-bond donors (Lipinski definition) is 2. The molecule has 0 spiro atoms. The van der Waals surface area contributed by atoms with Crippen LogP contribution >= 0.6 is 12.4 Å². The first kappa shape index (κ1) is 13.1. The first-order chi connectivity index (χ1) is 7.16. The lowest BCUT2D eigenvalue weighted by Gasteiger charge is -2.26. The van der Waals surface area contributed by atoms with Crippen molar-refractivity contribution in [3.8, 4) is 0 Å². The smallest absolute Gasteiger partial charge is 0.254 e. The minimum atomic E-state index is -0.0312. The van der Waals surface area contributed by atoms with E-state index in [-0.39, 0.29) is 18.3 Å². The van der Waals surface area contributed by atoms with Crippen LogP contribution in [0.5, 0.6) is 0 Å². The van der Waals surface area contributed by atoms with Crippen LogP contribution in [0.4, 0.5) is 0 Å². The van der Waals surface area contributed by atoms with Crippen LogP contribution in [0, 0.1) is 19.8 Å². The molecule has 90 valence electrons. The summed E-state index contributed by atoms with van der Waals surface area (Å²) in [6.07, 6.45) is 0. The maximum Gasteiger partial charge on any atom is 0.254 e. The van der Waals surface area contributed by atoms with Gasteiger partial charge in [0.2, 0.25) is 0 Å². The normalized spacial score (nSPS) is 15.1. The highest BCUT2D eigenvalue weighted by molar-refractivity contribution is 5.95. The molecular weight excluding hydrogens is 228 g/mol. The summed E-state index contributed by atoms with van der Waals surface area (Å²) in [7, 11) is 0. The minimum Gasteiger partial charge on any atom is -0.466 e. The van der Waals surface area contributed by atoms with Gasteiger partial charge < -0.3 is 15.1 Å². The van der Waals surface area contributed by atoms with Crippen molar-refractivity contribution in [3.63, 3.8) is 0 Å². The van der Waals surface area contributed by atoms with Crippen molar-refractivity contribution in [3.05, 3.63) is 23.2 Å². The van der Waals surface area contributed by atoms with Gasteiger partial charge >= 0.3 is 0 Å². The second-order valence-corrected chi connectivity index (χ2v) is 4.06. The molecule has 2 N–H and O–H groups in total. The molecule has 1 aromatic rings. The Hall–Kier alpha value is -1.000. The molecular formula is C11H17ClN2O2. The van der Waals surface area contributed by atoms with Crippen molar-refractivity contribution in [2.45, 2.75) is 13.8 Å². The number of aryl methyl sites for hydroxylation is 2. The summed E-state index contributed by atoms with van der Waals surface area (Å²) in [5.74, 6) is 2.03. The Labute approximate surface area is 101 Å². The Balaban J connectivity index is 0.00000128. The zero-order chi connectivity index (χ0) is 10.8. The van der Waals surface area contributed by atoms with Gasteiger partial charge in [-0.25, -0.2) is 0 Å².